The molecule has 0 radical (unpaired) electrons. The van der Waals surface area contributed by atoms with Gasteiger partial charge in [0.15, 0.2) is 0 Å². The molecule has 0 aliphatic carbocycles. The zero-order valence-electron chi connectivity index (χ0n) is 16.6. The summed E-state index contributed by atoms with van der Waals surface area (Å²) in [7, 11) is 2.88. The third kappa shape index (κ3) is 3.60. The van der Waals surface area contributed by atoms with Crippen molar-refractivity contribution in [3.63, 3.8) is 0 Å². The molecule has 0 saturated carbocycles. The second-order valence-corrected chi connectivity index (χ2v) is 7.11. The van der Waals surface area contributed by atoms with Crippen LogP contribution in [0.5, 0.6) is 11.5 Å². The molecule has 1 N–H and O–H groups in total. The first kappa shape index (κ1) is 20.4. The Hall–Kier alpha value is -3.84. The van der Waals surface area contributed by atoms with E-state index in [2.05, 4.69) is 5.32 Å². The van der Waals surface area contributed by atoms with Crippen LogP contribution in [0.3, 0.4) is 0 Å². The molecule has 0 saturated heterocycles. The molecule has 0 fully saturated rings. The first-order valence-corrected chi connectivity index (χ1v) is 9.63. The van der Waals surface area contributed by atoms with Gasteiger partial charge < -0.3 is 14.8 Å². The second kappa shape index (κ2) is 8.12. The fraction of sp³-hybridized carbons (Fsp3) is 0.0870. The largest absolute Gasteiger partial charge is 0.496 e. The number of benzene rings is 3. The molecule has 31 heavy (non-hydrogen) atoms. The number of fused-ring (bicyclic) bond motifs is 1. The van der Waals surface area contributed by atoms with Crippen LogP contribution < -0.4 is 19.7 Å². The van der Waals surface area contributed by atoms with E-state index in [1.165, 1.54) is 26.4 Å². The van der Waals surface area contributed by atoms with Crippen molar-refractivity contribution in [2.45, 2.75) is 0 Å². The number of nitrogens with zero attached hydrogens (tertiary/aromatic N) is 1. The van der Waals surface area contributed by atoms with Gasteiger partial charge in [0.1, 0.15) is 11.5 Å². The Morgan fingerprint density at radius 1 is 0.871 bits per heavy atom. The number of ether oxygens (including phenoxy) is 2. The van der Waals surface area contributed by atoms with Gasteiger partial charge >= 0.3 is 0 Å². The number of hydrogen-bond acceptors (Lipinski definition) is 5. The number of rotatable bonds is 5. The van der Waals surface area contributed by atoms with Crippen molar-refractivity contribution in [3.8, 4) is 11.5 Å². The Bertz CT molecular complexity index is 1190. The van der Waals surface area contributed by atoms with E-state index in [0.29, 0.717) is 27.6 Å². The van der Waals surface area contributed by atoms with Gasteiger partial charge in [-0.05, 0) is 42.5 Å². The van der Waals surface area contributed by atoms with Crippen LogP contribution in [0.25, 0.3) is 0 Å². The molecule has 1 heterocycles. The number of halogens is 1. The molecule has 156 valence electrons. The van der Waals surface area contributed by atoms with E-state index in [-0.39, 0.29) is 17.0 Å². The number of anilines is 2. The SMILES string of the molecule is COc1ccc(Cl)cc1C(=O)Nc1ccc(N2C(=O)c3ccccc3C2=O)c(OC)c1. The summed E-state index contributed by atoms with van der Waals surface area (Å²) in [6.07, 6.45) is 0. The van der Waals surface area contributed by atoms with Crippen molar-refractivity contribution in [1.29, 1.82) is 0 Å². The Labute approximate surface area is 183 Å². The van der Waals surface area contributed by atoms with Gasteiger partial charge in [0, 0.05) is 16.8 Å². The summed E-state index contributed by atoms with van der Waals surface area (Å²) in [5.74, 6) is -0.671. The number of nitrogens with one attached hydrogen (secondary N) is 1. The van der Waals surface area contributed by atoms with Gasteiger partial charge in [-0.2, -0.15) is 0 Å². The molecule has 8 heteroatoms. The van der Waals surface area contributed by atoms with Gasteiger partial charge in [-0.3, -0.25) is 14.4 Å². The molecule has 0 bridgehead atoms. The Balaban J connectivity index is 1.64. The highest BCUT2D eigenvalue weighted by Crippen LogP contribution is 2.36. The average molecular weight is 437 g/mol. The van der Waals surface area contributed by atoms with E-state index in [1.54, 1.807) is 48.5 Å². The molecule has 0 aromatic heterocycles. The van der Waals surface area contributed by atoms with Gasteiger partial charge in [-0.1, -0.05) is 23.7 Å². The van der Waals surface area contributed by atoms with Gasteiger partial charge in [-0.25, -0.2) is 4.90 Å². The number of methoxy groups -OCH3 is 2. The minimum Gasteiger partial charge on any atom is -0.496 e. The zero-order valence-corrected chi connectivity index (χ0v) is 17.4. The lowest BCUT2D eigenvalue weighted by atomic mass is 10.1. The Kier molecular flexibility index (Phi) is 5.35. The molecule has 3 aromatic rings. The van der Waals surface area contributed by atoms with E-state index in [9.17, 15) is 14.4 Å². The second-order valence-electron chi connectivity index (χ2n) is 6.68. The number of amides is 3. The molecule has 0 spiro atoms. The molecule has 4 rings (SSSR count). The van der Waals surface area contributed by atoms with Crippen LogP contribution in [0, 0.1) is 0 Å². The van der Waals surface area contributed by atoms with E-state index in [0.717, 1.165) is 4.90 Å². The summed E-state index contributed by atoms with van der Waals surface area (Å²) in [6.45, 7) is 0. The minimum atomic E-state index is -0.435. The number of carbonyl (C=O) groups excluding carboxylic acids is 3. The summed E-state index contributed by atoms with van der Waals surface area (Å²) in [6, 6.07) is 16.0. The highest BCUT2D eigenvalue weighted by molar-refractivity contribution is 6.35. The lowest BCUT2D eigenvalue weighted by molar-refractivity contribution is 0.0923. The molecule has 0 unspecified atom stereocenters. The third-order valence-corrected chi connectivity index (χ3v) is 5.11. The van der Waals surface area contributed by atoms with E-state index >= 15 is 0 Å². The van der Waals surface area contributed by atoms with Crippen LogP contribution in [0.4, 0.5) is 11.4 Å². The minimum absolute atomic E-state index is 0.255. The lowest BCUT2D eigenvalue weighted by Gasteiger charge is -2.18. The van der Waals surface area contributed by atoms with E-state index < -0.39 is 17.7 Å². The molecule has 1 aliphatic heterocycles. The molecule has 7 nitrogen and oxygen atoms in total. The smallest absolute Gasteiger partial charge is 0.266 e. The fourth-order valence-electron chi connectivity index (χ4n) is 3.40. The van der Waals surface area contributed by atoms with Crippen LogP contribution in [-0.4, -0.2) is 31.9 Å². The van der Waals surface area contributed by atoms with Crippen molar-refractivity contribution < 1.29 is 23.9 Å². The van der Waals surface area contributed by atoms with E-state index in [1.807, 2.05) is 0 Å². The monoisotopic (exact) mass is 436 g/mol. The fourth-order valence-corrected chi connectivity index (χ4v) is 3.58. The van der Waals surface area contributed by atoms with Crippen LogP contribution in [-0.2, 0) is 0 Å². The molecular weight excluding hydrogens is 420 g/mol. The van der Waals surface area contributed by atoms with Crippen molar-refractivity contribution in [2.24, 2.45) is 0 Å². The molecule has 3 aromatic carbocycles. The van der Waals surface area contributed by atoms with Crippen LogP contribution in [0.2, 0.25) is 5.02 Å². The topological polar surface area (TPSA) is 84.9 Å². The zero-order chi connectivity index (χ0) is 22.1. The maximum Gasteiger partial charge on any atom is 0.266 e. The first-order valence-electron chi connectivity index (χ1n) is 9.25. The number of hydrogen-bond donors (Lipinski definition) is 1. The standard InChI is InChI=1S/C23H17ClN2O5/c1-30-19-10-7-13(24)11-17(19)21(27)25-14-8-9-18(20(12-14)31-2)26-22(28)15-5-3-4-6-16(15)23(26)29/h3-12H,1-2H3,(H,25,27). The summed E-state index contributed by atoms with van der Waals surface area (Å²) in [4.78, 5) is 39.4. The summed E-state index contributed by atoms with van der Waals surface area (Å²) in [5.41, 5.74) is 1.62. The molecule has 1 aliphatic rings. The average Bonchev–Trinajstić information content (AvgIpc) is 3.04. The molecule has 0 atom stereocenters. The number of carbonyl (C=O) groups is 3. The normalized spacial score (nSPS) is 12.5. The van der Waals surface area contributed by atoms with Crippen LogP contribution in [0.1, 0.15) is 31.1 Å². The van der Waals surface area contributed by atoms with Gasteiger partial charge in [0.25, 0.3) is 17.7 Å². The van der Waals surface area contributed by atoms with Gasteiger partial charge in [-0.15, -0.1) is 0 Å². The van der Waals surface area contributed by atoms with Gasteiger partial charge in [0.2, 0.25) is 0 Å². The quantitative estimate of drug-likeness (QED) is 0.599. The third-order valence-electron chi connectivity index (χ3n) is 4.88. The predicted molar refractivity (Wildman–Crippen MR) is 117 cm³/mol. The summed E-state index contributed by atoms with van der Waals surface area (Å²) in [5, 5.41) is 3.14. The Morgan fingerprint density at radius 3 is 2.13 bits per heavy atom. The highest BCUT2D eigenvalue weighted by atomic mass is 35.5. The Morgan fingerprint density at radius 2 is 1.52 bits per heavy atom. The van der Waals surface area contributed by atoms with Crippen molar-refractivity contribution >= 4 is 40.7 Å². The van der Waals surface area contributed by atoms with Crippen molar-refractivity contribution in [1.82, 2.24) is 0 Å². The summed E-state index contributed by atoms with van der Waals surface area (Å²) < 4.78 is 10.6. The first-order chi connectivity index (χ1) is 14.9. The maximum atomic E-state index is 12.8. The lowest BCUT2D eigenvalue weighted by Crippen LogP contribution is -2.29. The van der Waals surface area contributed by atoms with Crippen LogP contribution in [0.15, 0.2) is 60.7 Å². The molecule has 3 amide bonds. The van der Waals surface area contributed by atoms with Crippen molar-refractivity contribution in [2.75, 3.05) is 24.4 Å². The summed E-state index contributed by atoms with van der Waals surface area (Å²) >= 11 is 6.00. The van der Waals surface area contributed by atoms with Gasteiger partial charge in [0.05, 0.1) is 36.6 Å². The molecular formula is C23H17ClN2O5. The van der Waals surface area contributed by atoms with E-state index in [4.69, 9.17) is 21.1 Å². The maximum absolute atomic E-state index is 12.8. The number of imide groups is 1. The van der Waals surface area contributed by atoms with Crippen LogP contribution >= 0.6 is 11.6 Å². The predicted octanol–water partition coefficient (Wildman–Crippen LogP) is 4.41. The van der Waals surface area contributed by atoms with Crippen molar-refractivity contribution in [3.05, 3.63) is 82.4 Å². The highest BCUT2D eigenvalue weighted by Gasteiger charge is 2.37.